The maximum atomic E-state index is 17.2. The predicted octanol–water partition coefficient (Wildman–Crippen LogP) is 7.19. The fraction of sp³-hybridized carbons (Fsp3) is 0.444. The van der Waals surface area contributed by atoms with E-state index in [-0.39, 0.29) is 80.8 Å². The second-order valence-electron chi connectivity index (χ2n) is 13.7. The zero-order valence-corrected chi connectivity index (χ0v) is 29.5. The van der Waals surface area contributed by atoms with E-state index in [2.05, 4.69) is 26.3 Å². The molecule has 16 heteroatoms. The number of methoxy groups -OCH3 is 1. The van der Waals surface area contributed by atoms with E-state index in [1.165, 1.54) is 6.08 Å². The van der Waals surface area contributed by atoms with Gasteiger partial charge in [0.25, 0.3) is 0 Å². The maximum Gasteiger partial charge on any atom is 0.417 e. The van der Waals surface area contributed by atoms with E-state index in [0.29, 0.717) is 17.8 Å². The summed E-state index contributed by atoms with van der Waals surface area (Å²) in [6.07, 6.45) is -1.44. The second kappa shape index (κ2) is 13.1. The molecule has 0 saturated carbocycles. The van der Waals surface area contributed by atoms with Crippen molar-refractivity contribution in [3.05, 3.63) is 59.5 Å². The summed E-state index contributed by atoms with van der Waals surface area (Å²) in [6.45, 7) is 16.9. The van der Waals surface area contributed by atoms with E-state index in [9.17, 15) is 9.18 Å². The first-order valence-corrected chi connectivity index (χ1v) is 17.6. The number of nitrogen functional groups attached to an aromatic ring is 1. The maximum absolute atomic E-state index is 17.2. The van der Waals surface area contributed by atoms with Crippen LogP contribution in [0, 0.1) is 18.2 Å². The minimum absolute atomic E-state index is 0.00523. The molecule has 2 N–H and O–H groups in total. The number of thiophene rings is 1. The zero-order chi connectivity index (χ0) is 37.3. The Morgan fingerprint density at radius 3 is 2.60 bits per heavy atom. The molecule has 3 fully saturated rings. The van der Waals surface area contributed by atoms with Crippen molar-refractivity contribution in [2.45, 2.75) is 63.0 Å². The molecular formula is C36H36F5N7O3S. The molecule has 10 nitrogen and oxygen atoms in total. The average Bonchev–Trinajstić information content (AvgIpc) is 3.77. The van der Waals surface area contributed by atoms with Crippen LogP contribution in [0.3, 0.4) is 0 Å². The van der Waals surface area contributed by atoms with Crippen molar-refractivity contribution in [3.8, 4) is 17.1 Å². The number of piperazine rings is 1. The van der Waals surface area contributed by atoms with Crippen molar-refractivity contribution in [1.82, 2.24) is 19.8 Å². The Balaban J connectivity index is 1.44. The van der Waals surface area contributed by atoms with Crippen molar-refractivity contribution < 1.29 is 36.2 Å². The molecule has 0 bridgehead atoms. The van der Waals surface area contributed by atoms with Crippen molar-refractivity contribution in [2.75, 3.05) is 50.5 Å². The second-order valence-corrected chi connectivity index (χ2v) is 14.8. The number of ether oxygens (including phenoxy) is 2. The predicted molar refractivity (Wildman–Crippen MR) is 189 cm³/mol. The third-order valence-corrected chi connectivity index (χ3v) is 11.6. The first-order valence-electron chi connectivity index (χ1n) is 16.8. The number of hydrogen-bond donors (Lipinski definition) is 1. The van der Waals surface area contributed by atoms with Gasteiger partial charge in [0.2, 0.25) is 11.6 Å². The highest BCUT2D eigenvalue weighted by Gasteiger charge is 2.49. The topological polar surface area (TPSA) is 101 Å². The van der Waals surface area contributed by atoms with Gasteiger partial charge >= 0.3 is 12.2 Å². The van der Waals surface area contributed by atoms with Gasteiger partial charge in [0.05, 0.1) is 33.5 Å². The van der Waals surface area contributed by atoms with E-state index < -0.39 is 46.5 Å². The smallest absolute Gasteiger partial charge is 0.417 e. The van der Waals surface area contributed by atoms with E-state index in [4.69, 9.17) is 21.8 Å². The number of rotatable bonds is 7. The van der Waals surface area contributed by atoms with Gasteiger partial charge in [0.1, 0.15) is 23.8 Å². The molecule has 3 saturated heterocycles. The molecule has 1 amide bonds. The summed E-state index contributed by atoms with van der Waals surface area (Å²) in [5, 5.41) is -0.544. The summed E-state index contributed by atoms with van der Waals surface area (Å²) in [5.41, 5.74) is 2.30. The number of alkyl halides is 3. The SMILES string of the molecule is [C-]#[N+]c1c(N)sc2c(F)ccc(-c3c(C(F)(F)F)cc4c(N5C[C@H](C)N(C(=O)C=C)[C@@H](C)C5)nc(OC[C@@]56CCCN5C[C@H](OC)C6)nc4c3F)c12. The summed E-state index contributed by atoms with van der Waals surface area (Å²) in [4.78, 5) is 30.7. The van der Waals surface area contributed by atoms with Crippen molar-refractivity contribution in [1.29, 1.82) is 0 Å². The van der Waals surface area contributed by atoms with Crippen LogP contribution in [-0.2, 0) is 15.7 Å². The molecule has 2 aromatic carbocycles. The van der Waals surface area contributed by atoms with Crippen molar-refractivity contribution >= 4 is 54.7 Å². The molecule has 3 aliphatic heterocycles. The molecule has 4 atom stereocenters. The van der Waals surface area contributed by atoms with Crippen LogP contribution >= 0.6 is 11.3 Å². The molecule has 4 aromatic rings. The van der Waals surface area contributed by atoms with E-state index in [1.807, 2.05) is 0 Å². The first-order chi connectivity index (χ1) is 24.7. The number of fused-ring (bicyclic) bond motifs is 3. The summed E-state index contributed by atoms with van der Waals surface area (Å²) in [6, 6.07) is 1.70. The van der Waals surface area contributed by atoms with Gasteiger partial charge in [-0.3, -0.25) is 9.69 Å². The van der Waals surface area contributed by atoms with Gasteiger partial charge < -0.3 is 25.0 Å². The molecule has 0 radical (unpaired) electrons. The van der Waals surface area contributed by atoms with Crippen molar-refractivity contribution in [3.63, 3.8) is 0 Å². The number of nitrogens with two attached hydrogens (primary N) is 1. The Hall–Kier alpha value is -4.59. The van der Waals surface area contributed by atoms with E-state index in [1.54, 1.807) is 30.8 Å². The van der Waals surface area contributed by atoms with Crippen LogP contribution in [0.1, 0.15) is 38.7 Å². The molecule has 3 aliphatic rings. The van der Waals surface area contributed by atoms with E-state index >= 15 is 17.6 Å². The molecule has 0 aliphatic carbocycles. The molecule has 0 unspecified atom stereocenters. The summed E-state index contributed by atoms with van der Waals surface area (Å²) in [5.74, 6) is -2.43. The number of nitrogens with zero attached hydrogens (tertiary/aromatic N) is 6. The number of carbonyl (C=O) groups excluding carboxylic acids is 1. The number of aromatic nitrogens is 2. The van der Waals surface area contributed by atoms with Crippen molar-refractivity contribution in [2.24, 2.45) is 0 Å². The van der Waals surface area contributed by atoms with Crippen LogP contribution in [0.4, 0.5) is 38.5 Å². The zero-order valence-electron chi connectivity index (χ0n) is 28.7. The highest BCUT2D eigenvalue weighted by Crippen LogP contribution is 2.51. The summed E-state index contributed by atoms with van der Waals surface area (Å²) in [7, 11) is 1.65. The Bertz CT molecular complexity index is 2140. The summed E-state index contributed by atoms with van der Waals surface area (Å²) < 4.78 is 89.1. The lowest BCUT2D eigenvalue weighted by molar-refractivity contribution is -0.137. The number of benzene rings is 2. The molecule has 52 heavy (non-hydrogen) atoms. The fourth-order valence-electron chi connectivity index (χ4n) is 8.34. The van der Waals surface area contributed by atoms with Gasteiger partial charge in [-0.15, -0.1) is 11.3 Å². The Kier molecular flexibility index (Phi) is 9.03. The number of anilines is 2. The third-order valence-electron chi connectivity index (χ3n) is 10.6. The van der Waals surface area contributed by atoms with E-state index in [0.717, 1.165) is 44.1 Å². The van der Waals surface area contributed by atoms with Gasteiger partial charge in [-0.2, -0.15) is 23.1 Å². The lowest BCUT2D eigenvalue weighted by atomic mass is 9.93. The van der Waals surface area contributed by atoms with Crippen LogP contribution in [0.25, 0.3) is 37.0 Å². The standard InChI is InChI=1S/C36H36F5N7O3S/c1-6-25(49)48-18(2)14-46(15-19(48)3)33-22-12-23(36(39,40)41)26(21-8-9-24(37)31-27(21)30(43-4)32(42)52-31)28(38)29(22)44-34(45-33)51-17-35-10-7-11-47(35)16-20(13-35)50-5/h6,8-9,12,18-20H,1,7,10-11,13-17,42H2,2-3,5H3/t18-,19-,20+,35-/m0/s1. The highest BCUT2D eigenvalue weighted by atomic mass is 32.1. The van der Waals surface area contributed by atoms with Gasteiger partial charge in [0, 0.05) is 55.2 Å². The normalized spacial score (nSPS) is 23.7. The number of hydrogen-bond acceptors (Lipinski definition) is 9. The minimum Gasteiger partial charge on any atom is -0.461 e. The average molecular weight is 742 g/mol. The Labute approximate surface area is 300 Å². The minimum atomic E-state index is -5.10. The van der Waals surface area contributed by atoms with Gasteiger partial charge in [-0.1, -0.05) is 12.6 Å². The molecule has 274 valence electrons. The van der Waals surface area contributed by atoms with Gasteiger partial charge in [-0.05, 0) is 63.4 Å². The van der Waals surface area contributed by atoms with Crippen LogP contribution in [0.5, 0.6) is 6.01 Å². The monoisotopic (exact) mass is 741 g/mol. The van der Waals surface area contributed by atoms with Crippen LogP contribution in [0.2, 0.25) is 0 Å². The quantitative estimate of drug-likeness (QED) is 0.121. The molecule has 5 heterocycles. The lowest BCUT2D eigenvalue weighted by Gasteiger charge is -2.44. The first kappa shape index (κ1) is 35.8. The summed E-state index contributed by atoms with van der Waals surface area (Å²) >= 11 is 0.703. The fourth-order valence-corrected chi connectivity index (χ4v) is 9.27. The van der Waals surface area contributed by atoms with Gasteiger partial charge in [0.15, 0.2) is 5.82 Å². The molecular weight excluding hydrogens is 705 g/mol. The lowest BCUT2D eigenvalue weighted by Crippen LogP contribution is -2.58. The molecule has 2 aromatic heterocycles. The highest BCUT2D eigenvalue weighted by molar-refractivity contribution is 7.23. The Morgan fingerprint density at radius 1 is 1.21 bits per heavy atom. The number of carbonyl (C=O) groups is 1. The number of amides is 1. The van der Waals surface area contributed by atoms with Crippen LogP contribution in [0.15, 0.2) is 30.9 Å². The molecule has 0 spiro atoms. The third kappa shape index (κ3) is 5.79. The van der Waals surface area contributed by atoms with Gasteiger partial charge in [-0.25, -0.2) is 13.6 Å². The molecule has 7 rings (SSSR count). The largest absolute Gasteiger partial charge is 0.461 e. The van der Waals surface area contributed by atoms with Crippen LogP contribution < -0.4 is 15.4 Å². The van der Waals surface area contributed by atoms with Crippen LogP contribution in [-0.4, -0.2) is 89.3 Å². The number of halogens is 5. The Morgan fingerprint density at radius 2 is 1.94 bits per heavy atom.